The lowest BCUT2D eigenvalue weighted by molar-refractivity contribution is 0.0580. The lowest BCUT2D eigenvalue weighted by Gasteiger charge is -2.26. The fourth-order valence-corrected chi connectivity index (χ4v) is 2.08. The number of likely N-dealkylation sites (N-methyl/N-ethyl adjacent to an activating group) is 1. The van der Waals surface area contributed by atoms with Crippen LogP contribution in [0.25, 0.3) is 0 Å². The normalized spacial score (nSPS) is 22.6. The molecule has 7 heteroatoms. The lowest BCUT2D eigenvalue weighted by Crippen LogP contribution is -2.44. The van der Waals surface area contributed by atoms with Gasteiger partial charge in [0.25, 0.3) is 5.91 Å². The van der Waals surface area contributed by atoms with Gasteiger partial charge in [-0.15, -0.1) is 0 Å². The number of β-amino-alcohol motifs (C(OH)–C–C–N with tert-alkyl or cyclic N) is 1. The van der Waals surface area contributed by atoms with E-state index in [1.54, 1.807) is 0 Å². The third kappa shape index (κ3) is 2.57. The van der Waals surface area contributed by atoms with E-state index in [0.29, 0.717) is 25.2 Å². The third-order valence-electron chi connectivity index (χ3n) is 3.20. The van der Waals surface area contributed by atoms with Crippen LogP contribution in [0.2, 0.25) is 0 Å². The van der Waals surface area contributed by atoms with Gasteiger partial charge in [-0.2, -0.15) is 0 Å². The van der Waals surface area contributed by atoms with Crippen molar-refractivity contribution in [1.29, 1.82) is 0 Å². The molecule has 0 aliphatic carbocycles. The van der Waals surface area contributed by atoms with Crippen LogP contribution in [0.1, 0.15) is 10.4 Å². The highest BCUT2D eigenvalue weighted by molar-refractivity contribution is 5.94. The SMILES string of the molecule is CN(C(=O)c1cc(F)c(F)c(F)c1)[C@H]1CNC[C@@H]1O. The number of hydrogen-bond acceptors (Lipinski definition) is 3. The molecule has 0 spiro atoms. The molecule has 1 aromatic rings. The number of hydrogen-bond donors (Lipinski definition) is 2. The summed E-state index contributed by atoms with van der Waals surface area (Å²) >= 11 is 0. The molecule has 0 unspecified atom stereocenters. The first-order chi connectivity index (χ1) is 8.91. The summed E-state index contributed by atoms with van der Waals surface area (Å²) in [5.74, 6) is -5.11. The van der Waals surface area contributed by atoms with Crippen molar-refractivity contribution in [2.45, 2.75) is 12.1 Å². The molecule has 0 radical (unpaired) electrons. The van der Waals surface area contributed by atoms with Gasteiger partial charge in [0.15, 0.2) is 17.5 Å². The standard InChI is InChI=1S/C12H13F3N2O2/c1-17(9-4-16-5-10(9)18)12(19)6-2-7(13)11(15)8(14)3-6/h2-3,9-10,16,18H,4-5H2,1H3/t9-,10-/m0/s1. The summed E-state index contributed by atoms with van der Waals surface area (Å²) in [7, 11) is 1.42. The van der Waals surface area contributed by atoms with Gasteiger partial charge in [-0.25, -0.2) is 13.2 Å². The van der Waals surface area contributed by atoms with Crippen LogP contribution in [0.3, 0.4) is 0 Å². The second kappa shape index (κ2) is 5.18. The lowest BCUT2D eigenvalue weighted by atomic mass is 10.1. The Bertz CT molecular complexity index is 487. The molecule has 0 bridgehead atoms. The van der Waals surface area contributed by atoms with Gasteiger partial charge in [-0.1, -0.05) is 0 Å². The average Bonchev–Trinajstić information content (AvgIpc) is 2.79. The Kier molecular flexibility index (Phi) is 3.77. The number of halogens is 3. The Hall–Kier alpha value is -1.60. The summed E-state index contributed by atoms with van der Waals surface area (Å²) in [6.07, 6.45) is -0.746. The molecule has 104 valence electrons. The summed E-state index contributed by atoms with van der Waals surface area (Å²) in [5.41, 5.74) is -0.294. The smallest absolute Gasteiger partial charge is 0.254 e. The van der Waals surface area contributed by atoms with Gasteiger partial charge in [-0.05, 0) is 12.1 Å². The number of nitrogens with zero attached hydrogens (tertiary/aromatic N) is 1. The number of amides is 1. The molecule has 19 heavy (non-hydrogen) atoms. The number of carbonyl (C=O) groups excluding carboxylic acids is 1. The molecule has 1 aliphatic heterocycles. The van der Waals surface area contributed by atoms with Gasteiger partial charge < -0.3 is 15.3 Å². The molecular formula is C12H13F3N2O2. The zero-order chi connectivity index (χ0) is 14.2. The number of aliphatic hydroxyl groups excluding tert-OH is 1. The Morgan fingerprint density at radius 2 is 1.89 bits per heavy atom. The summed E-state index contributed by atoms with van der Waals surface area (Å²) in [4.78, 5) is 13.2. The molecule has 1 amide bonds. The summed E-state index contributed by atoms with van der Waals surface area (Å²) in [5, 5.41) is 12.5. The molecule has 4 nitrogen and oxygen atoms in total. The number of aliphatic hydroxyl groups is 1. The topological polar surface area (TPSA) is 52.6 Å². The minimum atomic E-state index is -1.61. The molecular weight excluding hydrogens is 261 g/mol. The number of nitrogens with one attached hydrogen (secondary N) is 1. The molecule has 2 rings (SSSR count). The van der Waals surface area contributed by atoms with Gasteiger partial charge in [0, 0.05) is 25.7 Å². The van der Waals surface area contributed by atoms with Gasteiger partial charge in [0.2, 0.25) is 0 Å². The van der Waals surface area contributed by atoms with Crippen molar-refractivity contribution < 1.29 is 23.1 Å². The zero-order valence-corrected chi connectivity index (χ0v) is 10.2. The van der Waals surface area contributed by atoms with Crippen LogP contribution in [-0.2, 0) is 0 Å². The van der Waals surface area contributed by atoms with Gasteiger partial charge in [0.1, 0.15) is 0 Å². The first-order valence-electron chi connectivity index (χ1n) is 5.72. The van der Waals surface area contributed by atoms with E-state index in [-0.39, 0.29) is 5.56 Å². The minimum absolute atomic E-state index is 0.294. The molecule has 0 saturated carbocycles. The second-order valence-electron chi connectivity index (χ2n) is 4.46. The van der Waals surface area contributed by atoms with Crippen molar-refractivity contribution in [3.63, 3.8) is 0 Å². The predicted octanol–water partition coefficient (Wildman–Crippen LogP) is 0.509. The quantitative estimate of drug-likeness (QED) is 0.773. The summed E-state index contributed by atoms with van der Waals surface area (Å²) < 4.78 is 39.0. The molecule has 0 aromatic heterocycles. The fraction of sp³-hybridized carbons (Fsp3) is 0.417. The Balaban J connectivity index is 2.24. The van der Waals surface area contributed by atoms with Crippen LogP contribution in [0.15, 0.2) is 12.1 Å². The van der Waals surface area contributed by atoms with Gasteiger partial charge in [-0.3, -0.25) is 4.79 Å². The number of benzene rings is 1. The largest absolute Gasteiger partial charge is 0.390 e. The maximum Gasteiger partial charge on any atom is 0.254 e. The van der Waals surface area contributed by atoms with Gasteiger partial charge in [0.05, 0.1) is 12.1 Å². The highest BCUT2D eigenvalue weighted by Gasteiger charge is 2.32. The summed E-state index contributed by atoms with van der Waals surface area (Å²) in [6, 6.07) is 0.807. The van der Waals surface area contributed by atoms with E-state index in [0.717, 1.165) is 0 Å². The molecule has 1 fully saturated rings. The van der Waals surface area contributed by atoms with E-state index in [2.05, 4.69) is 5.32 Å². The molecule has 1 heterocycles. The fourth-order valence-electron chi connectivity index (χ4n) is 2.08. The number of rotatable bonds is 2. The molecule has 2 N–H and O–H groups in total. The van der Waals surface area contributed by atoms with E-state index in [1.165, 1.54) is 11.9 Å². The first kappa shape index (κ1) is 13.8. The van der Waals surface area contributed by atoms with Crippen molar-refractivity contribution >= 4 is 5.91 Å². The van der Waals surface area contributed by atoms with E-state index < -0.39 is 35.5 Å². The van der Waals surface area contributed by atoms with Crippen LogP contribution in [0.5, 0.6) is 0 Å². The van der Waals surface area contributed by atoms with Crippen LogP contribution >= 0.6 is 0 Å². The van der Waals surface area contributed by atoms with E-state index in [1.807, 2.05) is 0 Å². The van der Waals surface area contributed by atoms with E-state index >= 15 is 0 Å². The van der Waals surface area contributed by atoms with Crippen LogP contribution in [0, 0.1) is 17.5 Å². The predicted molar refractivity (Wildman–Crippen MR) is 61.1 cm³/mol. The van der Waals surface area contributed by atoms with Crippen molar-refractivity contribution in [3.8, 4) is 0 Å². The molecule has 2 atom stereocenters. The van der Waals surface area contributed by atoms with Crippen LogP contribution < -0.4 is 5.32 Å². The van der Waals surface area contributed by atoms with Crippen LogP contribution in [0.4, 0.5) is 13.2 Å². The summed E-state index contributed by atoms with van der Waals surface area (Å²) in [6.45, 7) is 0.726. The third-order valence-corrected chi connectivity index (χ3v) is 3.20. The first-order valence-corrected chi connectivity index (χ1v) is 5.72. The molecule has 1 saturated heterocycles. The van der Waals surface area contributed by atoms with E-state index in [9.17, 15) is 23.1 Å². The molecule has 1 aromatic carbocycles. The number of carbonyl (C=O) groups is 1. The highest BCUT2D eigenvalue weighted by Crippen LogP contribution is 2.17. The van der Waals surface area contributed by atoms with E-state index in [4.69, 9.17) is 0 Å². The molecule has 1 aliphatic rings. The minimum Gasteiger partial charge on any atom is -0.390 e. The van der Waals surface area contributed by atoms with Gasteiger partial charge >= 0.3 is 0 Å². The van der Waals surface area contributed by atoms with Crippen molar-refractivity contribution in [1.82, 2.24) is 10.2 Å². The Morgan fingerprint density at radius 1 is 1.32 bits per heavy atom. The Morgan fingerprint density at radius 3 is 2.37 bits per heavy atom. The maximum atomic E-state index is 13.1. The van der Waals surface area contributed by atoms with Crippen LogP contribution in [-0.4, -0.2) is 48.2 Å². The van der Waals surface area contributed by atoms with Crippen molar-refractivity contribution in [3.05, 3.63) is 35.1 Å². The second-order valence-corrected chi connectivity index (χ2v) is 4.46. The van der Waals surface area contributed by atoms with Crippen molar-refractivity contribution in [2.24, 2.45) is 0 Å². The Labute approximate surface area is 107 Å². The average molecular weight is 274 g/mol. The zero-order valence-electron chi connectivity index (χ0n) is 10.2. The maximum absolute atomic E-state index is 13.1. The highest BCUT2D eigenvalue weighted by atomic mass is 19.2. The van der Waals surface area contributed by atoms with Crippen molar-refractivity contribution in [2.75, 3.05) is 20.1 Å². The monoisotopic (exact) mass is 274 g/mol.